The predicted molar refractivity (Wildman–Crippen MR) is 92.0 cm³/mol. The molecule has 1 aliphatic heterocycles. The molecule has 9 heteroatoms. The largest absolute Gasteiger partial charge is 0.482 e. The standard InChI is InChI=1S/C18H19NO8/c20-14-9-26-18(23)17(16(14)22)27-13-7-3-11(4-8-13)15(21)10-1-5-12(6-2-10)19(24)25/h1-8,14-18,20-23H,9H2/t14-,15?,16+,17-,18-/m1/s1. The molecule has 2 aromatic carbocycles. The van der Waals surface area contributed by atoms with Gasteiger partial charge >= 0.3 is 0 Å². The van der Waals surface area contributed by atoms with Crippen molar-refractivity contribution < 1.29 is 34.8 Å². The summed E-state index contributed by atoms with van der Waals surface area (Å²) in [6.07, 6.45) is -6.00. The van der Waals surface area contributed by atoms with Crippen molar-refractivity contribution in [3.05, 3.63) is 69.8 Å². The minimum atomic E-state index is -1.38. The molecule has 2 aromatic rings. The van der Waals surface area contributed by atoms with E-state index in [9.17, 15) is 30.5 Å². The van der Waals surface area contributed by atoms with E-state index in [1.54, 1.807) is 12.1 Å². The van der Waals surface area contributed by atoms with Crippen LogP contribution >= 0.6 is 0 Å². The van der Waals surface area contributed by atoms with Gasteiger partial charge in [-0.3, -0.25) is 10.1 Å². The fraction of sp³-hybridized carbons (Fsp3) is 0.333. The third-order valence-electron chi connectivity index (χ3n) is 4.34. The molecule has 9 nitrogen and oxygen atoms in total. The maximum absolute atomic E-state index is 10.7. The lowest BCUT2D eigenvalue weighted by atomic mass is 10.0. The second-order valence-electron chi connectivity index (χ2n) is 6.18. The average Bonchev–Trinajstić information content (AvgIpc) is 2.68. The van der Waals surface area contributed by atoms with E-state index in [-0.39, 0.29) is 12.3 Å². The van der Waals surface area contributed by atoms with Crippen molar-refractivity contribution in [3.63, 3.8) is 0 Å². The molecular weight excluding hydrogens is 358 g/mol. The monoisotopic (exact) mass is 377 g/mol. The van der Waals surface area contributed by atoms with Gasteiger partial charge in [0.2, 0.25) is 0 Å². The summed E-state index contributed by atoms with van der Waals surface area (Å²) in [6.45, 7) is -0.192. The van der Waals surface area contributed by atoms with E-state index in [0.717, 1.165) is 0 Å². The molecule has 0 saturated carbocycles. The quantitative estimate of drug-likeness (QED) is 0.436. The smallest absolute Gasteiger partial charge is 0.269 e. The van der Waals surface area contributed by atoms with Crippen LogP contribution in [0, 0.1) is 10.1 Å². The number of ether oxygens (including phenoxy) is 2. The lowest BCUT2D eigenvalue weighted by Gasteiger charge is -2.35. The van der Waals surface area contributed by atoms with Gasteiger partial charge in [0.25, 0.3) is 5.69 Å². The van der Waals surface area contributed by atoms with Crippen LogP contribution in [0.25, 0.3) is 0 Å². The lowest BCUT2D eigenvalue weighted by molar-refractivity contribution is -0.384. The average molecular weight is 377 g/mol. The second kappa shape index (κ2) is 7.99. The summed E-state index contributed by atoms with van der Waals surface area (Å²) in [5.41, 5.74) is 0.949. The van der Waals surface area contributed by atoms with Gasteiger partial charge in [-0.1, -0.05) is 12.1 Å². The zero-order valence-electron chi connectivity index (χ0n) is 14.1. The fourth-order valence-corrected chi connectivity index (χ4v) is 2.76. The topological polar surface area (TPSA) is 143 Å². The molecule has 0 bridgehead atoms. The molecule has 0 aliphatic carbocycles. The van der Waals surface area contributed by atoms with Gasteiger partial charge in [-0.2, -0.15) is 0 Å². The minimum Gasteiger partial charge on any atom is -0.482 e. The Labute approximate surface area is 154 Å². The number of non-ortho nitro benzene ring substituents is 1. The Morgan fingerprint density at radius 2 is 1.59 bits per heavy atom. The summed E-state index contributed by atoms with van der Waals surface area (Å²) in [7, 11) is 0. The van der Waals surface area contributed by atoms with E-state index in [1.165, 1.54) is 36.4 Å². The number of nitro groups is 1. The van der Waals surface area contributed by atoms with Crippen LogP contribution in [0.3, 0.4) is 0 Å². The summed E-state index contributed by atoms with van der Waals surface area (Å²) in [5, 5.41) is 50.4. The molecule has 0 aromatic heterocycles. The second-order valence-corrected chi connectivity index (χ2v) is 6.18. The van der Waals surface area contributed by atoms with Crippen molar-refractivity contribution in [1.29, 1.82) is 0 Å². The highest BCUT2D eigenvalue weighted by Crippen LogP contribution is 2.27. The van der Waals surface area contributed by atoms with Crippen molar-refractivity contribution in [2.45, 2.75) is 30.7 Å². The molecule has 5 atom stereocenters. The van der Waals surface area contributed by atoms with Crippen molar-refractivity contribution >= 4 is 5.69 Å². The molecule has 27 heavy (non-hydrogen) atoms. The number of aliphatic hydroxyl groups is 4. The molecule has 1 aliphatic rings. The maximum Gasteiger partial charge on any atom is 0.269 e. The van der Waals surface area contributed by atoms with E-state index in [2.05, 4.69) is 0 Å². The molecule has 4 N–H and O–H groups in total. The molecule has 0 spiro atoms. The van der Waals surface area contributed by atoms with E-state index >= 15 is 0 Å². The van der Waals surface area contributed by atoms with Crippen molar-refractivity contribution in [3.8, 4) is 5.75 Å². The molecule has 1 heterocycles. The van der Waals surface area contributed by atoms with Gasteiger partial charge < -0.3 is 29.9 Å². The number of hydrogen-bond donors (Lipinski definition) is 4. The number of aliphatic hydroxyl groups excluding tert-OH is 4. The molecule has 144 valence electrons. The normalized spacial score (nSPS) is 26.4. The molecule has 1 saturated heterocycles. The maximum atomic E-state index is 10.7. The van der Waals surface area contributed by atoms with Crippen LogP contribution in [0.15, 0.2) is 48.5 Å². The zero-order valence-corrected chi connectivity index (χ0v) is 14.1. The number of hydrogen-bond acceptors (Lipinski definition) is 8. The Morgan fingerprint density at radius 3 is 2.15 bits per heavy atom. The highest BCUT2D eigenvalue weighted by Gasteiger charge is 2.39. The van der Waals surface area contributed by atoms with Crippen LogP contribution in [-0.4, -0.2) is 56.6 Å². The number of nitrogens with zero attached hydrogens (tertiary/aromatic N) is 1. The zero-order chi connectivity index (χ0) is 19.6. The van der Waals surface area contributed by atoms with Gasteiger partial charge in [-0.15, -0.1) is 0 Å². The number of rotatable bonds is 5. The van der Waals surface area contributed by atoms with E-state index in [1.807, 2.05) is 0 Å². The van der Waals surface area contributed by atoms with Crippen LogP contribution in [-0.2, 0) is 4.74 Å². The summed E-state index contributed by atoms with van der Waals surface area (Å²) in [4.78, 5) is 10.2. The molecule has 0 radical (unpaired) electrons. The summed E-state index contributed by atoms with van der Waals surface area (Å²) >= 11 is 0. The van der Waals surface area contributed by atoms with E-state index < -0.39 is 35.6 Å². The van der Waals surface area contributed by atoms with Crippen LogP contribution in [0.1, 0.15) is 17.2 Å². The molecule has 0 amide bonds. The predicted octanol–water partition coefficient (Wildman–Crippen LogP) is 0.494. The highest BCUT2D eigenvalue weighted by molar-refractivity contribution is 5.38. The summed E-state index contributed by atoms with van der Waals surface area (Å²) in [6, 6.07) is 11.8. The van der Waals surface area contributed by atoms with Gasteiger partial charge in [0, 0.05) is 12.1 Å². The minimum absolute atomic E-state index is 0.0660. The number of nitro benzene ring substituents is 1. The van der Waals surface area contributed by atoms with Crippen LogP contribution < -0.4 is 4.74 Å². The van der Waals surface area contributed by atoms with Crippen LogP contribution in [0.4, 0.5) is 5.69 Å². The van der Waals surface area contributed by atoms with Crippen LogP contribution in [0.2, 0.25) is 0 Å². The Morgan fingerprint density at radius 1 is 1.04 bits per heavy atom. The first-order valence-corrected chi connectivity index (χ1v) is 8.21. The van der Waals surface area contributed by atoms with E-state index in [0.29, 0.717) is 16.9 Å². The first kappa shape index (κ1) is 19.2. The van der Waals surface area contributed by atoms with Crippen molar-refractivity contribution in [2.24, 2.45) is 0 Å². The first-order valence-electron chi connectivity index (χ1n) is 8.21. The van der Waals surface area contributed by atoms with Crippen LogP contribution in [0.5, 0.6) is 5.75 Å². The van der Waals surface area contributed by atoms with Gasteiger partial charge in [-0.05, 0) is 35.4 Å². The highest BCUT2D eigenvalue weighted by atomic mass is 16.6. The Balaban J connectivity index is 1.70. The molecule has 3 rings (SSSR count). The Kier molecular flexibility index (Phi) is 5.68. The fourth-order valence-electron chi connectivity index (χ4n) is 2.76. The van der Waals surface area contributed by atoms with Gasteiger partial charge in [0.05, 0.1) is 11.5 Å². The van der Waals surface area contributed by atoms with Crippen molar-refractivity contribution in [2.75, 3.05) is 6.61 Å². The van der Waals surface area contributed by atoms with Gasteiger partial charge in [-0.25, -0.2) is 0 Å². The molecule has 1 unspecified atom stereocenters. The third kappa shape index (κ3) is 4.24. The summed E-state index contributed by atoms with van der Waals surface area (Å²) < 4.78 is 10.4. The number of benzene rings is 2. The Hall–Kier alpha value is -2.56. The Bertz CT molecular complexity index is 779. The third-order valence-corrected chi connectivity index (χ3v) is 4.34. The lowest BCUT2D eigenvalue weighted by Crippen LogP contribution is -2.55. The molecule has 1 fully saturated rings. The summed E-state index contributed by atoms with van der Waals surface area (Å²) in [5.74, 6) is 0.301. The SMILES string of the molecule is O=[N+]([O-])c1ccc(C(O)c2ccc(O[C@@H]3[C@@H](O)[C@H](O)CO[C@H]3O)cc2)cc1. The van der Waals surface area contributed by atoms with Crippen molar-refractivity contribution in [1.82, 2.24) is 0 Å². The van der Waals surface area contributed by atoms with Gasteiger partial charge in [0.15, 0.2) is 12.4 Å². The van der Waals surface area contributed by atoms with Gasteiger partial charge in [0.1, 0.15) is 24.1 Å². The molecular formula is C18H19NO8. The van der Waals surface area contributed by atoms with E-state index in [4.69, 9.17) is 9.47 Å². The first-order chi connectivity index (χ1) is 12.9.